The Labute approximate surface area is 195 Å². The maximum atomic E-state index is 6.00. The summed E-state index contributed by atoms with van der Waals surface area (Å²) in [4.78, 5) is 0. The van der Waals surface area contributed by atoms with Crippen molar-refractivity contribution in [3.63, 3.8) is 0 Å². The summed E-state index contributed by atoms with van der Waals surface area (Å²) in [6, 6.07) is 0. The Balaban J connectivity index is -0.000000817. The first-order valence-corrected chi connectivity index (χ1v) is 8.67. The standard InChI is InChI=1S/C14H27N3OS.C2H6.K.H2O2/c1-6-7-18-14(4,5)10-13(2,3)11-17-8-12(9-19)15-16-17;1-2;;1-2/h8,19H,6-7,9-11H2,1-5H3;1-2H3;;1-2H/q;;+1;/p-1. The van der Waals surface area contributed by atoms with Gasteiger partial charge in [-0.05, 0) is 32.1 Å². The van der Waals surface area contributed by atoms with E-state index in [0.29, 0.717) is 5.75 Å². The van der Waals surface area contributed by atoms with Gasteiger partial charge in [-0.3, -0.25) is 15.2 Å². The van der Waals surface area contributed by atoms with Crippen LogP contribution in [0.4, 0.5) is 0 Å². The number of rotatable bonds is 8. The predicted octanol–water partition coefficient (Wildman–Crippen LogP) is 0.994. The van der Waals surface area contributed by atoms with Gasteiger partial charge in [0.25, 0.3) is 0 Å². The molecule has 1 aromatic heterocycles. The number of ether oxygens (including phenoxy) is 1. The SMILES string of the molecule is CC.CCCOC(C)(C)CC(C)(C)Cn1cc(C[S-])nn1.OO.[K+]. The molecule has 0 atom stereocenters. The summed E-state index contributed by atoms with van der Waals surface area (Å²) in [7, 11) is 0. The van der Waals surface area contributed by atoms with E-state index in [1.807, 2.05) is 24.7 Å². The van der Waals surface area contributed by atoms with Crippen LogP contribution in [0.1, 0.15) is 67.0 Å². The average Bonchev–Trinajstić information content (AvgIpc) is 2.95. The Morgan fingerprint density at radius 1 is 1.21 bits per heavy atom. The molecule has 0 saturated heterocycles. The second kappa shape index (κ2) is 16.2. The monoisotopic (exact) mass is 387 g/mol. The molecule has 24 heavy (non-hydrogen) atoms. The zero-order valence-electron chi connectivity index (χ0n) is 16.7. The molecule has 1 rings (SSSR count). The van der Waals surface area contributed by atoms with Crippen LogP contribution < -0.4 is 51.4 Å². The van der Waals surface area contributed by atoms with Gasteiger partial charge in [-0.1, -0.05) is 39.8 Å². The third-order valence-corrected chi connectivity index (χ3v) is 3.22. The number of nitrogens with zero attached hydrogens (tertiary/aromatic N) is 3. The Hall–Kier alpha value is 1.01. The molecule has 0 unspecified atom stereocenters. The van der Waals surface area contributed by atoms with Gasteiger partial charge in [0.1, 0.15) is 0 Å². The first-order chi connectivity index (χ1) is 10.8. The van der Waals surface area contributed by atoms with Crippen molar-refractivity contribution >= 4 is 12.6 Å². The van der Waals surface area contributed by atoms with Crippen LogP contribution >= 0.6 is 0 Å². The van der Waals surface area contributed by atoms with E-state index in [9.17, 15) is 0 Å². The van der Waals surface area contributed by atoms with Gasteiger partial charge in [0, 0.05) is 19.3 Å². The molecule has 0 amide bonds. The topological polar surface area (TPSA) is 80.4 Å². The molecule has 1 aromatic rings. The van der Waals surface area contributed by atoms with Gasteiger partial charge >= 0.3 is 51.4 Å². The van der Waals surface area contributed by atoms with Gasteiger partial charge in [0.15, 0.2) is 0 Å². The van der Waals surface area contributed by atoms with E-state index in [0.717, 1.165) is 31.7 Å². The summed E-state index contributed by atoms with van der Waals surface area (Å²) in [6.07, 6.45) is 3.97. The number of aromatic nitrogens is 3. The third kappa shape index (κ3) is 14.2. The van der Waals surface area contributed by atoms with Gasteiger partial charge in [-0.25, -0.2) is 0 Å². The Morgan fingerprint density at radius 3 is 2.17 bits per heavy atom. The fourth-order valence-corrected chi connectivity index (χ4v) is 2.69. The summed E-state index contributed by atoms with van der Waals surface area (Å²) in [5.41, 5.74) is 0.859. The largest absolute Gasteiger partial charge is 1.00 e. The normalized spacial score (nSPS) is 10.8. The predicted molar refractivity (Wildman–Crippen MR) is 96.4 cm³/mol. The van der Waals surface area contributed by atoms with Gasteiger partial charge in [0.05, 0.1) is 11.3 Å². The molecule has 0 aliphatic rings. The van der Waals surface area contributed by atoms with E-state index in [-0.39, 0.29) is 62.4 Å². The van der Waals surface area contributed by atoms with Gasteiger partial charge in [-0.2, -0.15) is 0 Å². The molecule has 0 radical (unpaired) electrons. The molecular formula is C16H34KN3O3S. The first kappa shape index (κ1) is 29.8. The van der Waals surface area contributed by atoms with Crippen LogP contribution in [0.3, 0.4) is 0 Å². The van der Waals surface area contributed by atoms with Gasteiger partial charge < -0.3 is 17.4 Å². The molecule has 6 nitrogen and oxygen atoms in total. The smallest absolute Gasteiger partial charge is 0.786 e. The minimum atomic E-state index is -0.110. The number of hydrogen-bond acceptors (Lipinski definition) is 6. The quantitative estimate of drug-likeness (QED) is 0.300. The van der Waals surface area contributed by atoms with Crippen LogP contribution in [-0.4, -0.2) is 37.7 Å². The summed E-state index contributed by atoms with van der Waals surface area (Å²) < 4.78 is 7.80. The summed E-state index contributed by atoms with van der Waals surface area (Å²) in [5, 5.41) is 20.2. The maximum absolute atomic E-state index is 6.00. The van der Waals surface area contributed by atoms with Crippen LogP contribution in [0.15, 0.2) is 6.20 Å². The van der Waals surface area contributed by atoms with Crippen LogP contribution in [0.2, 0.25) is 0 Å². The molecule has 0 fully saturated rings. The van der Waals surface area contributed by atoms with Crippen molar-refractivity contribution in [1.29, 1.82) is 0 Å². The fraction of sp³-hybridized carbons (Fsp3) is 0.875. The molecule has 0 aliphatic carbocycles. The Morgan fingerprint density at radius 2 is 1.75 bits per heavy atom. The van der Waals surface area contributed by atoms with Crippen molar-refractivity contribution in [2.24, 2.45) is 5.41 Å². The van der Waals surface area contributed by atoms with Crippen molar-refractivity contribution in [3.05, 3.63) is 11.9 Å². The summed E-state index contributed by atoms with van der Waals surface area (Å²) in [5.74, 6) is 0.519. The van der Waals surface area contributed by atoms with Crippen LogP contribution in [0.5, 0.6) is 0 Å². The van der Waals surface area contributed by atoms with Gasteiger partial charge in [-0.15, -0.1) is 10.9 Å². The minimum Gasteiger partial charge on any atom is -0.786 e. The maximum Gasteiger partial charge on any atom is 1.00 e. The van der Waals surface area contributed by atoms with Crippen molar-refractivity contribution in [2.45, 2.75) is 79.2 Å². The molecule has 0 aromatic carbocycles. The summed E-state index contributed by atoms with van der Waals surface area (Å²) in [6.45, 7) is 16.5. The molecule has 2 N–H and O–H groups in total. The zero-order chi connectivity index (χ0) is 18.5. The first-order valence-electron chi connectivity index (χ1n) is 8.09. The van der Waals surface area contributed by atoms with Gasteiger partial charge in [0.2, 0.25) is 0 Å². The molecule has 0 saturated carbocycles. The molecule has 8 heteroatoms. The second-order valence-corrected chi connectivity index (χ2v) is 6.79. The van der Waals surface area contributed by atoms with E-state index in [2.05, 4.69) is 44.9 Å². The van der Waals surface area contributed by atoms with E-state index < -0.39 is 0 Å². The molecule has 1 heterocycles. The van der Waals surface area contributed by atoms with E-state index in [4.69, 9.17) is 27.9 Å². The second-order valence-electron chi connectivity index (χ2n) is 6.50. The van der Waals surface area contributed by atoms with Crippen LogP contribution in [0.25, 0.3) is 0 Å². The molecule has 0 aliphatic heterocycles. The molecule has 0 bridgehead atoms. The average molecular weight is 388 g/mol. The van der Waals surface area contributed by atoms with Crippen molar-refractivity contribution in [3.8, 4) is 0 Å². The number of hydrogen-bond donors (Lipinski definition) is 2. The van der Waals surface area contributed by atoms with Crippen LogP contribution in [0, 0.1) is 5.41 Å². The van der Waals surface area contributed by atoms with Crippen molar-refractivity contribution in [1.82, 2.24) is 15.0 Å². The molecule has 138 valence electrons. The minimum absolute atomic E-state index is 0. The fourth-order valence-electron chi connectivity index (χ4n) is 2.56. The van der Waals surface area contributed by atoms with Crippen molar-refractivity contribution in [2.75, 3.05) is 6.61 Å². The van der Waals surface area contributed by atoms with Crippen molar-refractivity contribution < 1.29 is 66.6 Å². The third-order valence-electron chi connectivity index (χ3n) is 2.93. The molecular weight excluding hydrogens is 353 g/mol. The Bertz CT molecular complexity index is 402. The van der Waals surface area contributed by atoms with Crippen LogP contribution in [-0.2, 0) is 29.7 Å². The summed E-state index contributed by atoms with van der Waals surface area (Å²) >= 11 is 4.97. The zero-order valence-corrected chi connectivity index (χ0v) is 20.6. The molecule has 0 spiro atoms. The van der Waals surface area contributed by atoms with E-state index in [1.165, 1.54) is 0 Å². The Kier molecular flexibility index (Phi) is 20.1. The van der Waals surface area contributed by atoms with E-state index >= 15 is 0 Å². The van der Waals surface area contributed by atoms with E-state index in [1.54, 1.807) is 0 Å².